The van der Waals surface area contributed by atoms with Gasteiger partial charge in [0.2, 0.25) is 0 Å². The summed E-state index contributed by atoms with van der Waals surface area (Å²) < 4.78 is 11.3. The molecule has 15 heavy (non-hydrogen) atoms. The van der Waals surface area contributed by atoms with Gasteiger partial charge in [-0.3, -0.25) is 0 Å². The predicted molar refractivity (Wildman–Crippen MR) is 61.8 cm³/mol. The summed E-state index contributed by atoms with van der Waals surface area (Å²) in [5.41, 5.74) is 5.59. The molecule has 2 N–H and O–H groups in total. The lowest BCUT2D eigenvalue weighted by molar-refractivity contribution is -0.0500. The second kappa shape index (κ2) is 7.20. The SMILES string of the molecule is CCOC(CN)COC1CCC(C)CC1. The molecule has 0 aliphatic heterocycles. The van der Waals surface area contributed by atoms with Crippen LogP contribution in [-0.4, -0.2) is 32.0 Å². The summed E-state index contributed by atoms with van der Waals surface area (Å²) in [4.78, 5) is 0. The Morgan fingerprint density at radius 2 is 1.93 bits per heavy atom. The summed E-state index contributed by atoms with van der Waals surface area (Å²) in [5, 5.41) is 0. The first-order valence-electron chi connectivity index (χ1n) is 6.19. The van der Waals surface area contributed by atoms with E-state index >= 15 is 0 Å². The lowest BCUT2D eigenvalue weighted by Gasteiger charge is -2.27. The molecule has 1 fully saturated rings. The summed E-state index contributed by atoms with van der Waals surface area (Å²) in [6, 6.07) is 0. The highest BCUT2D eigenvalue weighted by Gasteiger charge is 2.19. The molecule has 1 unspecified atom stereocenters. The molecule has 0 amide bonds. The highest BCUT2D eigenvalue weighted by Crippen LogP contribution is 2.25. The molecule has 90 valence electrons. The van der Waals surface area contributed by atoms with Gasteiger partial charge in [-0.05, 0) is 38.5 Å². The van der Waals surface area contributed by atoms with E-state index in [-0.39, 0.29) is 6.10 Å². The van der Waals surface area contributed by atoms with Crippen LogP contribution in [0.3, 0.4) is 0 Å². The summed E-state index contributed by atoms with van der Waals surface area (Å²) in [6.45, 7) is 6.23. The van der Waals surface area contributed by atoms with Gasteiger partial charge in [-0.15, -0.1) is 0 Å². The van der Waals surface area contributed by atoms with Crippen LogP contribution in [0.5, 0.6) is 0 Å². The highest BCUT2D eigenvalue weighted by molar-refractivity contribution is 4.70. The molecule has 0 aromatic carbocycles. The van der Waals surface area contributed by atoms with Gasteiger partial charge in [0, 0.05) is 13.2 Å². The predicted octanol–water partition coefficient (Wildman–Crippen LogP) is 1.95. The number of rotatable bonds is 6. The number of ether oxygens (including phenoxy) is 2. The zero-order chi connectivity index (χ0) is 11.1. The molecule has 0 aromatic heterocycles. The van der Waals surface area contributed by atoms with Crippen molar-refractivity contribution in [2.45, 2.75) is 51.7 Å². The maximum atomic E-state index is 5.83. The van der Waals surface area contributed by atoms with Crippen molar-refractivity contribution in [2.75, 3.05) is 19.8 Å². The van der Waals surface area contributed by atoms with E-state index in [0.717, 1.165) is 5.92 Å². The molecular formula is C12H25NO2. The summed E-state index contributed by atoms with van der Waals surface area (Å²) in [5.74, 6) is 0.877. The van der Waals surface area contributed by atoms with Gasteiger partial charge in [0.1, 0.15) is 0 Å². The van der Waals surface area contributed by atoms with E-state index < -0.39 is 0 Å². The standard InChI is InChI=1S/C12H25NO2/c1-3-14-12(8-13)9-15-11-6-4-10(2)5-7-11/h10-12H,3-9,13H2,1-2H3. The first kappa shape index (κ1) is 12.9. The van der Waals surface area contributed by atoms with Crippen LogP contribution < -0.4 is 5.73 Å². The molecule has 1 aliphatic carbocycles. The second-order valence-electron chi connectivity index (χ2n) is 4.53. The van der Waals surface area contributed by atoms with E-state index in [1.807, 2.05) is 6.92 Å². The highest BCUT2D eigenvalue weighted by atomic mass is 16.5. The zero-order valence-electron chi connectivity index (χ0n) is 10.1. The van der Waals surface area contributed by atoms with E-state index in [4.69, 9.17) is 15.2 Å². The molecule has 1 saturated carbocycles. The van der Waals surface area contributed by atoms with Crippen LogP contribution in [0.2, 0.25) is 0 Å². The Hall–Kier alpha value is -0.120. The van der Waals surface area contributed by atoms with Crippen LogP contribution in [-0.2, 0) is 9.47 Å². The zero-order valence-corrected chi connectivity index (χ0v) is 10.1. The fourth-order valence-corrected chi connectivity index (χ4v) is 2.06. The number of nitrogens with two attached hydrogens (primary N) is 1. The maximum absolute atomic E-state index is 5.83. The molecule has 1 aliphatic rings. The number of hydrogen-bond donors (Lipinski definition) is 1. The molecule has 0 bridgehead atoms. The van der Waals surface area contributed by atoms with Crippen molar-refractivity contribution in [1.82, 2.24) is 0 Å². The van der Waals surface area contributed by atoms with E-state index in [2.05, 4.69) is 6.92 Å². The van der Waals surface area contributed by atoms with Gasteiger partial charge in [-0.25, -0.2) is 0 Å². The summed E-state index contributed by atoms with van der Waals surface area (Å²) >= 11 is 0. The van der Waals surface area contributed by atoms with Crippen LogP contribution in [0, 0.1) is 5.92 Å². The normalized spacial score (nSPS) is 29.0. The first-order chi connectivity index (χ1) is 7.26. The van der Waals surface area contributed by atoms with Gasteiger partial charge in [-0.1, -0.05) is 6.92 Å². The van der Waals surface area contributed by atoms with Gasteiger partial charge >= 0.3 is 0 Å². The van der Waals surface area contributed by atoms with Crippen molar-refractivity contribution in [1.29, 1.82) is 0 Å². The van der Waals surface area contributed by atoms with Crippen molar-refractivity contribution < 1.29 is 9.47 Å². The van der Waals surface area contributed by atoms with E-state index in [9.17, 15) is 0 Å². The summed E-state index contributed by atoms with van der Waals surface area (Å²) in [7, 11) is 0. The minimum absolute atomic E-state index is 0.0781. The molecular weight excluding hydrogens is 190 g/mol. The van der Waals surface area contributed by atoms with Gasteiger partial charge in [0.25, 0.3) is 0 Å². The van der Waals surface area contributed by atoms with Crippen molar-refractivity contribution >= 4 is 0 Å². The number of hydrogen-bond acceptors (Lipinski definition) is 3. The first-order valence-corrected chi connectivity index (χ1v) is 6.19. The second-order valence-corrected chi connectivity index (χ2v) is 4.53. The monoisotopic (exact) mass is 215 g/mol. The molecule has 1 atom stereocenters. The van der Waals surface area contributed by atoms with Crippen LogP contribution in [0.25, 0.3) is 0 Å². The van der Waals surface area contributed by atoms with Crippen LogP contribution >= 0.6 is 0 Å². The Bertz CT molecular complexity index is 156. The van der Waals surface area contributed by atoms with Crippen LogP contribution in [0.1, 0.15) is 39.5 Å². The van der Waals surface area contributed by atoms with Crippen molar-refractivity contribution in [3.8, 4) is 0 Å². The maximum Gasteiger partial charge on any atom is 0.0930 e. The van der Waals surface area contributed by atoms with E-state index in [1.54, 1.807) is 0 Å². The molecule has 0 heterocycles. The van der Waals surface area contributed by atoms with Gasteiger partial charge in [-0.2, -0.15) is 0 Å². The largest absolute Gasteiger partial charge is 0.375 e. The fraction of sp³-hybridized carbons (Fsp3) is 1.00. The van der Waals surface area contributed by atoms with Crippen LogP contribution in [0.4, 0.5) is 0 Å². The smallest absolute Gasteiger partial charge is 0.0930 e. The minimum atomic E-state index is 0.0781. The van der Waals surface area contributed by atoms with E-state index in [1.165, 1.54) is 25.7 Å². The lowest BCUT2D eigenvalue weighted by atomic mass is 9.89. The van der Waals surface area contributed by atoms with Gasteiger partial charge in [0.05, 0.1) is 18.8 Å². The Kier molecular flexibility index (Phi) is 6.22. The quantitative estimate of drug-likeness (QED) is 0.736. The molecule has 0 saturated heterocycles. The Morgan fingerprint density at radius 1 is 1.27 bits per heavy atom. The third-order valence-electron chi connectivity index (χ3n) is 3.15. The molecule has 1 rings (SSSR count). The van der Waals surface area contributed by atoms with Crippen molar-refractivity contribution in [3.63, 3.8) is 0 Å². The molecule has 0 radical (unpaired) electrons. The molecule has 0 aromatic rings. The van der Waals surface area contributed by atoms with Gasteiger partial charge in [0.15, 0.2) is 0 Å². The topological polar surface area (TPSA) is 44.5 Å². The Morgan fingerprint density at radius 3 is 2.47 bits per heavy atom. The third-order valence-corrected chi connectivity index (χ3v) is 3.15. The molecule has 3 heteroatoms. The fourth-order valence-electron chi connectivity index (χ4n) is 2.06. The van der Waals surface area contributed by atoms with Crippen LogP contribution in [0.15, 0.2) is 0 Å². The molecule has 3 nitrogen and oxygen atoms in total. The minimum Gasteiger partial charge on any atom is -0.375 e. The summed E-state index contributed by atoms with van der Waals surface area (Å²) in [6.07, 6.45) is 5.51. The lowest BCUT2D eigenvalue weighted by Crippen LogP contribution is -2.32. The van der Waals surface area contributed by atoms with Crippen molar-refractivity contribution in [3.05, 3.63) is 0 Å². The van der Waals surface area contributed by atoms with Crippen molar-refractivity contribution in [2.24, 2.45) is 11.7 Å². The average molecular weight is 215 g/mol. The Balaban J connectivity index is 2.12. The Labute approximate surface area is 93.3 Å². The third kappa shape index (κ3) is 4.96. The molecule has 0 spiro atoms. The van der Waals surface area contributed by atoms with Gasteiger partial charge < -0.3 is 15.2 Å². The average Bonchev–Trinajstić information content (AvgIpc) is 2.26. The van der Waals surface area contributed by atoms with E-state index in [0.29, 0.717) is 25.9 Å².